The van der Waals surface area contributed by atoms with Crippen molar-refractivity contribution in [2.45, 2.75) is 40.9 Å². The number of rotatable bonds is 6. The van der Waals surface area contributed by atoms with Gasteiger partial charge in [-0.2, -0.15) is 26.3 Å². The van der Waals surface area contributed by atoms with Crippen LogP contribution >= 0.6 is 23.2 Å². The van der Waals surface area contributed by atoms with Crippen molar-refractivity contribution in [3.8, 4) is 5.75 Å². The van der Waals surface area contributed by atoms with Gasteiger partial charge in [0.05, 0.1) is 35.3 Å². The summed E-state index contributed by atoms with van der Waals surface area (Å²) in [6, 6.07) is 5.40. The molecule has 0 bridgehead atoms. The van der Waals surface area contributed by atoms with Gasteiger partial charge >= 0.3 is 12.4 Å². The second-order valence-corrected chi connectivity index (χ2v) is 14.8. The number of hydrogen-bond acceptors (Lipinski definition) is 6. The number of carbonyl (C=O) groups excluding carboxylic acids is 4. The number of halogens is 13. The van der Waals surface area contributed by atoms with Gasteiger partial charge in [0.2, 0.25) is 17.6 Å². The Labute approximate surface area is 322 Å². The Kier molecular flexibility index (Phi) is 9.51. The van der Waals surface area contributed by atoms with E-state index in [-0.39, 0.29) is 40.0 Å². The van der Waals surface area contributed by atoms with E-state index >= 15 is 8.78 Å². The molecule has 3 aromatic rings. The van der Waals surface area contributed by atoms with Crippen molar-refractivity contribution in [3.63, 3.8) is 0 Å². The lowest BCUT2D eigenvalue weighted by Crippen LogP contribution is -2.60. The lowest BCUT2D eigenvalue weighted by atomic mass is 9.56. The molecule has 4 aliphatic rings. The van der Waals surface area contributed by atoms with Gasteiger partial charge in [0.1, 0.15) is 18.0 Å². The zero-order chi connectivity index (χ0) is 41.9. The van der Waals surface area contributed by atoms with Crippen LogP contribution in [0.2, 0.25) is 0 Å². The molecule has 8 nitrogen and oxygen atoms in total. The van der Waals surface area contributed by atoms with Gasteiger partial charge < -0.3 is 9.84 Å². The topological polar surface area (TPSA) is 104 Å². The molecular formula is C36H21Cl2F11N2O6. The molecule has 0 radical (unpaired) electrons. The first kappa shape index (κ1) is 40.4. The summed E-state index contributed by atoms with van der Waals surface area (Å²) in [5, 5.41) is 9.46. The smallest absolute Gasteiger partial charge is 0.416 e. The summed E-state index contributed by atoms with van der Waals surface area (Å²) in [7, 11) is 0. The number of anilines is 2. The molecule has 0 spiro atoms. The number of benzene rings is 3. The summed E-state index contributed by atoms with van der Waals surface area (Å²) >= 11 is 14.1. The SMILES string of the molecule is O=C1C2CC=C3C(CC4(Cl)C(=O)N(c5c(F)c(F)c(F)c(F)c5F)C(=O)C4(Cl)C3c3ccccc3OCCO)C2C(=O)N1c1cc(C(F)(F)F)cc(C(F)(F)F)c1. The van der Waals surface area contributed by atoms with E-state index in [0.29, 0.717) is 0 Å². The third kappa shape index (κ3) is 5.73. The minimum absolute atomic E-state index is 0.0778. The molecule has 1 N–H and O–H groups in total. The number of aliphatic hydroxyl groups is 1. The lowest BCUT2D eigenvalue weighted by Gasteiger charge is -2.50. The zero-order valence-corrected chi connectivity index (χ0v) is 29.6. The molecular weight excluding hydrogens is 836 g/mol. The van der Waals surface area contributed by atoms with E-state index in [9.17, 15) is 63.8 Å². The summed E-state index contributed by atoms with van der Waals surface area (Å²) in [6.07, 6.45) is -11.0. The second-order valence-electron chi connectivity index (χ2n) is 13.6. The molecule has 3 fully saturated rings. The van der Waals surface area contributed by atoms with E-state index in [1.165, 1.54) is 30.3 Å². The molecule has 2 aliphatic carbocycles. The molecule has 1 saturated carbocycles. The minimum Gasteiger partial charge on any atom is -0.491 e. The van der Waals surface area contributed by atoms with Gasteiger partial charge in [0.25, 0.3) is 11.8 Å². The maximum absolute atomic E-state index is 15.3. The molecule has 302 valence electrons. The zero-order valence-electron chi connectivity index (χ0n) is 28.1. The van der Waals surface area contributed by atoms with Gasteiger partial charge in [-0.05, 0) is 43.0 Å². The number of allylic oxidation sites excluding steroid dienone is 2. The van der Waals surface area contributed by atoms with E-state index in [0.717, 1.165) is 0 Å². The number of imide groups is 2. The van der Waals surface area contributed by atoms with Crippen LogP contribution in [0.4, 0.5) is 59.7 Å². The van der Waals surface area contributed by atoms with Crippen LogP contribution in [0.25, 0.3) is 0 Å². The summed E-state index contributed by atoms with van der Waals surface area (Å²) in [6.45, 7) is -0.982. The molecule has 4 amide bonds. The van der Waals surface area contributed by atoms with Crippen molar-refractivity contribution in [2.24, 2.45) is 17.8 Å². The van der Waals surface area contributed by atoms with E-state index in [1.54, 1.807) is 0 Å². The third-order valence-electron chi connectivity index (χ3n) is 10.6. The fourth-order valence-corrected chi connectivity index (χ4v) is 9.17. The fraction of sp³-hybridized carbons (Fsp3) is 0.333. The maximum Gasteiger partial charge on any atom is 0.416 e. The number of hydrogen-bond donors (Lipinski definition) is 1. The van der Waals surface area contributed by atoms with E-state index in [4.69, 9.17) is 27.9 Å². The number of fused-ring (bicyclic) bond motifs is 4. The lowest BCUT2D eigenvalue weighted by molar-refractivity contribution is -0.143. The average Bonchev–Trinajstić information content (AvgIpc) is 3.49. The molecule has 6 unspecified atom stereocenters. The van der Waals surface area contributed by atoms with Crippen molar-refractivity contribution >= 4 is 58.2 Å². The Morgan fingerprint density at radius 3 is 1.88 bits per heavy atom. The molecule has 21 heteroatoms. The Morgan fingerprint density at radius 2 is 1.32 bits per heavy atom. The summed E-state index contributed by atoms with van der Waals surface area (Å²) in [5.41, 5.74) is -7.07. The molecule has 2 heterocycles. The summed E-state index contributed by atoms with van der Waals surface area (Å²) in [4.78, 5) is 50.7. The number of carbonyl (C=O) groups is 4. The number of para-hydroxylation sites is 1. The van der Waals surface area contributed by atoms with Crippen molar-refractivity contribution in [2.75, 3.05) is 23.0 Å². The normalized spacial score (nSPS) is 27.4. The predicted molar refractivity (Wildman–Crippen MR) is 174 cm³/mol. The first-order valence-electron chi connectivity index (χ1n) is 16.5. The van der Waals surface area contributed by atoms with Gasteiger partial charge in [0.15, 0.2) is 33.0 Å². The number of amides is 4. The molecule has 7 rings (SSSR count). The Hall–Kier alpha value is -4.75. The van der Waals surface area contributed by atoms with Crippen LogP contribution in [0, 0.1) is 46.8 Å². The highest BCUT2D eigenvalue weighted by Crippen LogP contribution is 2.67. The molecule has 2 aliphatic heterocycles. The predicted octanol–water partition coefficient (Wildman–Crippen LogP) is 7.56. The highest BCUT2D eigenvalue weighted by Gasteiger charge is 2.77. The van der Waals surface area contributed by atoms with Crippen molar-refractivity contribution < 1.29 is 77.3 Å². The highest BCUT2D eigenvalue weighted by atomic mass is 35.5. The van der Waals surface area contributed by atoms with Crippen LogP contribution < -0.4 is 14.5 Å². The Bertz CT molecular complexity index is 2260. The van der Waals surface area contributed by atoms with Crippen LogP contribution in [-0.4, -0.2) is 51.7 Å². The van der Waals surface area contributed by atoms with Crippen molar-refractivity contribution in [1.29, 1.82) is 0 Å². The average molecular weight is 857 g/mol. The molecule has 3 aromatic carbocycles. The van der Waals surface area contributed by atoms with Crippen LogP contribution in [0.5, 0.6) is 5.75 Å². The monoisotopic (exact) mass is 856 g/mol. The first-order valence-corrected chi connectivity index (χ1v) is 17.3. The second kappa shape index (κ2) is 13.4. The molecule has 0 aromatic heterocycles. The number of nitrogens with zero attached hydrogens (tertiary/aromatic N) is 2. The third-order valence-corrected chi connectivity index (χ3v) is 12.0. The van der Waals surface area contributed by atoms with Crippen LogP contribution in [0.1, 0.15) is 35.4 Å². The number of aliphatic hydroxyl groups excluding tert-OH is 1. The van der Waals surface area contributed by atoms with Gasteiger partial charge in [-0.25, -0.2) is 31.8 Å². The van der Waals surface area contributed by atoms with Crippen molar-refractivity contribution in [1.82, 2.24) is 0 Å². The highest BCUT2D eigenvalue weighted by molar-refractivity contribution is 6.58. The fourth-order valence-electron chi connectivity index (χ4n) is 8.24. The van der Waals surface area contributed by atoms with Crippen LogP contribution in [0.3, 0.4) is 0 Å². The molecule has 6 atom stereocenters. The van der Waals surface area contributed by atoms with Gasteiger partial charge in [-0.15, -0.1) is 23.2 Å². The quantitative estimate of drug-likeness (QED) is 0.0686. The van der Waals surface area contributed by atoms with Crippen molar-refractivity contribution in [3.05, 3.63) is 99.9 Å². The van der Waals surface area contributed by atoms with E-state index in [1.807, 2.05) is 0 Å². The van der Waals surface area contributed by atoms with Gasteiger partial charge in [-0.1, -0.05) is 29.8 Å². The maximum atomic E-state index is 15.3. The van der Waals surface area contributed by atoms with Crippen LogP contribution in [0.15, 0.2) is 54.1 Å². The number of alkyl halides is 8. The summed E-state index contributed by atoms with van der Waals surface area (Å²) in [5.74, 6) is -26.0. The van der Waals surface area contributed by atoms with Gasteiger partial charge in [-0.3, -0.25) is 19.2 Å². The van der Waals surface area contributed by atoms with E-state index < -0.39 is 152 Å². The van der Waals surface area contributed by atoms with Crippen LogP contribution in [-0.2, 0) is 31.5 Å². The first-order chi connectivity index (χ1) is 26.5. The van der Waals surface area contributed by atoms with Gasteiger partial charge in [0, 0.05) is 11.5 Å². The summed E-state index contributed by atoms with van der Waals surface area (Å²) < 4.78 is 162. The largest absolute Gasteiger partial charge is 0.491 e. The Balaban J connectivity index is 1.43. The standard InChI is InChI=1S/C36H21Cl2F11N2O6/c37-33-12-19-16(5-6-18-21(19)30(54)50(29(18)53)15-10-13(35(44,45)46)9-14(11-15)36(47,48)49)22(17-3-1-2-4-20(17)57-8-7-52)34(33,38)32(56)51(31(33)55)28-26(42)24(40)23(39)25(41)27(28)43/h1-5,9-11,18-19,21-22,52H,6-8,12H2. The molecule has 57 heavy (non-hydrogen) atoms. The molecule has 2 saturated heterocycles. The number of ether oxygens (including phenoxy) is 1. The Morgan fingerprint density at radius 1 is 0.754 bits per heavy atom. The van der Waals surface area contributed by atoms with E-state index in [2.05, 4.69) is 0 Å². The minimum atomic E-state index is -5.38.